The van der Waals surface area contributed by atoms with Crippen molar-refractivity contribution in [2.45, 2.75) is 18.9 Å². The van der Waals surface area contributed by atoms with Crippen LogP contribution in [0.2, 0.25) is 0 Å². The van der Waals surface area contributed by atoms with E-state index in [4.69, 9.17) is 4.74 Å². The lowest BCUT2D eigenvalue weighted by Crippen LogP contribution is -2.37. The monoisotopic (exact) mass is 293 g/mol. The minimum absolute atomic E-state index is 0.0916. The van der Waals surface area contributed by atoms with Gasteiger partial charge in [0.15, 0.2) is 0 Å². The molecule has 114 valence electrons. The molecule has 6 heteroatoms. The van der Waals surface area contributed by atoms with Crippen molar-refractivity contribution in [2.75, 3.05) is 43.1 Å². The Balaban J connectivity index is 1.72. The lowest BCUT2D eigenvalue weighted by molar-refractivity contribution is -0.117. The molecule has 5 nitrogen and oxygen atoms in total. The van der Waals surface area contributed by atoms with E-state index < -0.39 is 0 Å². The van der Waals surface area contributed by atoms with Crippen LogP contribution in [-0.4, -0.2) is 44.8 Å². The Morgan fingerprint density at radius 2 is 2.14 bits per heavy atom. The Bertz CT molecular complexity index is 512. The Labute approximate surface area is 123 Å². The molecule has 2 N–H and O–H groups in total. The molecule has 2 aliphatic heterocycles. The number of morpholine rings is 1. The first kappa shape index (κ1) is 14.3. The molecule has 2 saturated heterocycles. The highest BCUT2D eigenvalue weighted by Gasteiger charge is 2.22. The summed E-state index contributed by atoms with van der Waals surface area (Å²) in [6.45, 7) is 3.62. The van der Waals surface area contributed by atoms with E-state index in [0.29, 0.717) is 18.9 Å². The maximum atomic E-state index is 13.8. The van der Waals surface area contributed by atoms with E-state index in [1.54, 1.807) is 0 Å². The Morgan fingerprint density at radius 3 is 2.86 bits per heavy atom. The number of nitrogens with zero attached hydrogens (tertiary/aromatic N) is 1. The number of carbonyl (C=O) groups is 1. The number of hydrogen-bond acceptors (Lipinski definition) is 4. The van der Waals surface area contributed by atoms with Crippen LogP contribution in [0.5, 0.6) is 0 Å². The van der Waals surface area contributed by atoms with E-state index in [2.05, 4.69) is 15.5 Å². The van der Waals surface area contributed by atoms with Crippen molar-refractivity contribution in [1.29, 1.82) is 0 Å². The summed E-state index contributed by atoms with van der Waals surface area (Å²) in [5.41, 5.74) is 1.29. The predicted molar refractivity (Wildman–Crippen MR) is 79.1 cm³/mol. The summed E-state index contributed by atoms with van der Waals surface area (Å²) in [6, 6.07) is 4.51. The molecule has 0 bridgehead atoms. The number of amides is 1. The summed E-state index contributed by atoms with van der Waals surface area (Å²) in [4.78, 5) is 14.1. The van der Waals surface area contributed by atoms with E-state index in [1.807, 2.05) is 6.07 Å². The zero-order valence-electron chi connectivity index (χ0n) is 11.9. The van der Waals surface area contributed by atoms with Gasteiger partial charge in [-0.25, -0.2) is 4.39 Å². The molecular weight excluding hydrogens is 273 g/mol. The normalized spacial score (nSPS) is 22.3. The van der Waals surface area contributed by atoms with E-state index >= 15 is 0 Å². The third kappa shape index (κ3) is 3.51. The van der Waals surface area contributed by atoms with Gasteiger partial charge in [-0.3, -0.25) is 4.79 Å². The minimum Gasteiger partial charge on any atom is -0.378 e. The number of rotatable bonds is 3. The van der Waals surface area contributed by atoms with Crippen LogP contribution in [0.25, 0.3) is 0 Å². The summed E-state index contributed by atoms with van der Waals surface area (Å²) in [5, 5.41) is 5.94. The number of benzene rings is 1. The highest BCUT2D eigenvalue weighted by Crippen LogP contribution is 2.23. The van der Waals surface area contributed by atoms with Gasteiger partial charge in [-0.2, -0.15) is 0 Å². The first-order valence-electron chi connectivity index (χ1n) is 7.40. The van der Waals surface area contributed by atoms with Gasteiger partial charge in [-0.15, -0.1) is 0 Å². The van der Waals surface area contributed by atoms with Crippen molar-refractivity contribution in [3.63, 3.8) is 0 Å². The molecule has 0 spiro atoms. The van der Waals surface area contributed by atoms with Crippen molar-refractivity contribution in [2.24, 2.45) is 0 Å². The molecule has 0 radical (unpaired) electrons. The molecule has 0 saturated carbocycles. The lowest BCUT2D eigenvalue weighted by Gasteiger charge is -2.29. The number of ether oxygens (including phenoxy) is 1. The molecule has 0 aromatic heterocycles. The summed E-state index contributed by atoms with van der Waals surface area (Å²) >= 11 is 0. The van der Waals surface area contributed by atoms with Gasteiger partial charge in [0.25, 0.3) is 0 Å². The molecule has 0 unspecified atom stereocenters. The molecule has 21 heavy (non-hydrogen) atoms. The van der Waals surface area contributed by atoms with Gasteiger partial charge in [0.2, 0.25) is 5.91 Å². The molecule has 2 heterocycles. The van der Waals surface area contributed by atoms with Crippen LogP contribution in [0.4, 0.5) is 15.8 Å². The molecular formula is C15H20FN3O2. The second-order valence-electron chi connectivity index (χ2n) is 5.44. The van der Waals surface area contributed by atoms with Crippen molar-refractivity contribution < 1.29 is 13.9 Å². The fourth-order valence-corrected chi connectivity index (χ4v) is 2.79. The van der Waals surface area contributed by atoms with E-state index in [0.717, 1.165) is 38.2 Å². The molecule has 1 amide bonds. The zero-order chi connectivity index (χ0) is 14.7. The number of carbonyl (C=O) groups excluding carboxylic acids is 1. The van der Waals surface area contributed by atoms with Gasteiger partial charge in [-0.1, -0.05) is 0 Å². The lowest BCUT2D eigenvalue weighted by atomic mass is 10.2. The van der Waals surface area contributed by atoms with Gasteiger partial charge < -0.3 is 20.3 Å². The first-order chi connectivity index (χ1) is 10.2. The van der Waals surface area contributed by atoms with E-state index in [1.165, 1.54) is 12.1 Å². The van der Waals surface area contributed by atoms with E-state index in [-0.39, 0.29) is 17.8 Å². The Hall–Kier alpha value is -1.66. The maximum Gasteiger partial charge on any atom is 0.241 e. The second kappa shape index (κ2) is 6.41. The predicted octanol–water partition coefficient (Wildman–Crippen LogP) is 1.35. The van der Waals surface area contributed by atoms with Gasteiger partial charge in [0.05, 0.1) is 19.3 Å². The van der Waals surface area contributed by atoms with Crippen LogP contribution >= 0.6 is 0 Å². The summed E-state index contributed by atoms with van der Waals surface area (Å²) < 4.78 is 19.1. The molecule has 2 aliphatic rings. The van der Waals surface area contributed by atoms with Gasteiger partial charge in [0, 0.05) is 24.5 Å². The van der Waals surface area contributed by atoms with Crippen LogP contribution in [0.15, 0.2) is 18.2 Å². The largest absolute Gasteiger partial charge is 0.378 e. The van der Waals surface area contributed by atoms with Crippen LogP contribution in [0, 0.1) is 5.82 Å². The second-order valence-corrected chi connectivity index (χ2v) is 5.44. The van der Waals surface area contributed by atoms with Crippen LogP contribution < -0.4 is 15.5 Å². The quantitative estimate of drug-likeness (QED) is 0.883. The van der Waals surface area contributed by atoms with E-state index in [9.17, 15) is 9.18 Å². The highest BCUT2D eigenvalue weighted by molar-refractivity contribution is 5.95. The smallest absolute Gasteiger partial charge is 0.241 e. The van der Waals surface area contributed by atoms with Gasteiger partial charge >= 0.3 is 0 Å². The average Bonchev–Trinajstić information content (AvgIpc) is 3.02. The number of hydrogen-bond donors (Lipinski definition) is 2. The topological polar surface area (TPSA) is 53.6 Å². The minimum atomic E-state index is -0.339. The number of anilines is 2. The fourth-order valence-electron chi connectivity index (χ4n) is 2.79. The Morgan fingerprint density at radius 1 is 1.33 bits per heavy atom. The van der Waals surface area contributed by atoms with Crippen molar-refractivity contribution >= 4 is 17.3 Å². The third-order valence-electron chi connectivity index (χ3n) is 3.90. The van der Waals surface area contributed by atoms with Crippen LogP contribution in [0.3, 0.4) is 0 Å². The molecule has 1 atom stereocenters. The standard InChI is InChI=1S/C15H20FN3O2/c16-11-8-12(18-15(20)14-2-1-3-17-14)10-13(9-11)19-4-6-21-7-5-19/h8-10,14,17H,1-7H2,(H,18,20)/t14-/m0/s1. The third-order valence-corrected chi connectivity index (χ3v) is 3.90. The first-order valence-corrected chi connectivity index (χ1v) is 7.40. The maximum absolute atomic E-state index is 13.8. The SMILES string of the molecule is O=C(Nc1cc(F)cc(N2CCOCC2)c1)[C@@H]1CCCN1. The Kier molecular flexibility index (Phi) is 4.36. The fraction of sp³-hybridized carbons (Fsp3) is 0.533. The average molecular weight is 293 g/mol. The molecule has 1 aromatic rings. The van der Waals surface area contributed by atoms with Crippen molar-refractivity contribution in [1.82, 2.24) is 5.32 Å². The number of nitrogens with one attached hydrogen (secondary N) is 2. The molecule has 1 aromatic carbocycles. The van der Waals surface area contributed by atoms with Gasteiger partial charge in [-0.05, 0) is 37.6 Å². The van der Waals surface area contributed by atoms with Crippen LogP contribution in [0.1, 0.15) is 12.8 Å². The summed E-state index contributed by atoms with van der Waals surface area (Å²) in [7, 11) is 0. The highest BCUT2D eigenvalue weighted by atomic mass is 19.1. The van der Waals surface area contributed by atoms with Crippen molar-refractivity contribution in [3.8, 4) is 0 Å². The van der Waals surface area contributed by atoms with Gasteiger partial charge in [0.1, 0.15) is 5.82 Å². The molecule has 0 aliphatic carbocycles. The van der Waals surface area contributed by atoms with Crippen LogP contribution in [-0.2, 0) is 9.53 Å². The number of halogens is 1. The molecule has 3 rings (SSSR count). The summed E-state index contributed by atoms with van der Waals surface area (Å²) in [5.74, 6) is -0.431. The molecule has 2 fully saturated rings. The van der Waals surface area contributed by atoms with Crippen molar-refractivity contribution in [3.05, 3.63) is 24.0 Å². The summed E-state index contributed by atoms with van der Waals surface area (Å²) in [6.07, 6.45) is 1.83. The zero-order valence-corrected chi connectivity index (χ0v) is 11.9.